The first kappa shape index (κ1) is 26.3. The van der Waals surface area contributed by atoms with Crippen molar-refractivity contribution in [2.45, 2.75) is 24.9 Å². The van der Waals surface area contributed by atoms with Crippen LogP contribution < -0.4 is 10.1 Å². The molecule has 1 N–H and O–H groups in total. The summed E-state index contributed by atoms with van der Waals surface area (Å²) in [4.78, 5) is 37.7. The van der Waals surface area contributed by atoms with Gasteiger partial charge in [0.1, 0.15) is 17.1 Å². The van der Waals surface area contributed by atoms with E-state index in [2.05, 4.69) is 21.4 Å². The molecule has 5 rings (SSSR count). The molecule has 0 bridgehead atoms. The molecule has 0 saturated carbocycles. The van der Waals surface area contributed by atoms with Gasteiger partial charge in [-0.3, -0.25) is 24.5 Å². The minimum absolute atomic E-state index is 0.161. The Balaban J connectivity index is 1.59. The summed E-state index contributed by atoms with van der Waals surface area (Å²) in [6.07, 6.45) is 9.01. The lowest BCUT2D eigenvalue weighted by atomic mass is 9.85. The number of benzene rings is 2. The second-order valence-electron chi connectivity index (χ2n) is 9.56. The van der Waals surface area contributed by atoms with Crippen LogP contribution in [0, 0.1) is 11.3 Å². The minimum Gasteiger partial charge on any atom is -0.496 e. The van der Waals surface area contributed by atoms with Crippen LogP contribution in [0.4, 0.5) is 0 Å². The standard InChI is InChI=1S/C32H27N5O3/c1-40-29-5-3-2-4-27(29)22-37-30(18-28(38)26-8-6-25(21-33)7-9-26)36-32(31(37)39,19-23-10-14-34-15-11-23)20-24-12-16-35-17-13-24/h2-18,36H,19-20,22H2,1H3. The Morgan fingerprint density at radius 2 is 1.55 bits per heavy atom. The molecule has 8 heteroatoms. The number of carbonyl (C=O) groups is 2. The van der Waals surface area contributed by atoms with Crippen molar-refractivity contribution in [2.75, 3.05) is 7.11 Å². The van der Waals surface area contributed by atoms with Crippen LogP contribution in [0.5, 0.6) is 5.75 Å². The van der Waals surface area contributed by atoms with Gasteiger partial charge in [0.2, 0.25) is 0 Å². The fraction of sp³-hybridized carbons (Fsp3) is 0.156. The molecule has 1 saturated heterocycles. The molecule has 1 aliphatic rings. The maximum absolute atomic E-state index is 14.5. The molecule has 3 heterocycles. The van der Waals surface area contributed by atoms with E-state index in [1.807, 2.05) is 48.5 Å². The number of aromatic nitrogens is 2. The summed E-state index contributed by atoms with van der Waals surface area (Å²) in [6, 6.07) is 23.5. The van der Waals surface area contributed by atoms with E-state index in [4.69, 9.17) is 10.00 Å². The van der Waals surface area contributed by atoms with E-state index in [1.165, 1.54) is 6.08 Å². The smallest absolute Gasteiger partial charge is 0.254 e. The maximum atomic E-state index is 14.5. The first-order chi connectivity index (χ1) is 19.5. The van der Waals surface area contributed by atoms with Crippen molar-refractivity contribution >= 4 is 11.7 Å². The maximum Gasteiger partial charge on any atom is 0.254 e. The Morgan fingerprint density at radius 3 is 2.12 bits per heavy atom. The summed E-state index contributed by atoms with van der Waals surface area (Å²) in [5.74, 6) is 0.599. The Labute approximate surface area is 232 Å². The van der Waals surface area contributed by atoms with Gasteiger partial charge in [-0.1, -0.05) is 18.2 Å². The van der Waals surface area contributed by atoms with Crippen LogP contribution >= 0.6 is 0 Å². The van der Waals surface area contributed by atoms with E-state index in [0.29, 0.717) is 35.5 Å². The predicted molar refractivity (Wildman–Crippen MR) is 149 cm³/mol. The molecule has 2 aromatic heterocycles. The van der Waals surface area contributed by atoms with Crippen molar-refractivity contribution < 1.29 is 14.3 Å². The normalized spacial score (nSPS) is 14.9. The van der Waals surface area contributed by atoms with Gasteiger partial charge in [-0.2, -0.15) is 5.26 Å². The van der Waals surface area contributed by atoms with Gasteiger partial charge in [0.25, 0.3) is 5.91 Å². The third-order valence-corrected chi connectivity index (χ3v) is 6.91. The fourth-order valence-corrected chi connectivity index (χ4v) is 4.93. The highest BCUT2D eigenvalue weighted by atomic mass is 16.5. The van der Waals surface area contributed by atoms with Crippen LogP contribution in [0.25, 0.3) is 0 Å². The number of nitrogens with zero attached hydrogens (tertiary/aromatic N) is 4. The average Bonchev–Trinajstić information content (AvgIpc) is 3.23. The number of methoxy groups -OCH3 is 1. The number of allylic oxidation sites excluding steroid dienone is 1. The Hall–Kier alpha value is -5.29. The van der Waals surface area contributed by atoms with Crippen molar-refractivity contribution in [3.8, 4) is 11.8 Å². The average molecular weight is 530 g/mol. The van der Waals surface area contributed by atoms with Gasteiger partial charge < -0.3 is 10.1 Å². The summed E-state index contributed by atoms with van der Waals surface area (Å²) >= 11 is 0. The van der Waals surface area contributed by atoms with E-state index in [1.54, 1.807) is 61.1 Å². The van der Waals surface area contributed by atoms with Crippen LogP contribution in [0.1, 0.15) is 32.6 Å². The van der Waals surface area contributed by atoms with Crippen LogP contribution in [0.2, 0.25) is 0 Å². The number of ketones is 1. The number of amides is 1. The quantitative estimate of drug-likeness (QED) is 0.255. The second kappa shape index (κ2) is 11.6. The molecule has 4 aromatic rings. The fourth-order valence-electron chi connectivity index (χ4n) is 4.93. The number of pyridine rings is 2. The molecule has 1 amide bonds. The van der Waals surface area contributed by atoms with E-state index < -0.39 is 5.54 Å². The monoisotopic (exact) mass is 529 g/mol. The summed E-state index contributed by atoms with van der Waals surface area (Å²) < 4.78 is 5.56. The Bertz CT molecular complexity index is 1540. The van der Waals surface area contributed by atoms with Crippen molar-refractivity contribution in [3.05, 3.63) is 137 Å². The molecular weight excluding hydrogens is 502 g/mol. The molecular formula is C32H27N5O3. The molecule has 40 heavy (non-hydrogen) atoms. The van der Waals surface area contributed by atoms with E-state index in [0.717, 1.165) is 16.7 Å². The van der Waals surface area contributed by atoms with Crippen LogP contribution in [0.3, 0.4) is 0 Å². The van der Waals surface area contributed by atoms with Crippen LogP contribution in [-0.4, -0.2) is 39.2 Å². The zero-order chi connectivity index (χ0) is 28.0. The van der Waals surface area contributed by atoms with Gasteiger partial charge in [-0.25, -0.2) is 0 Å². The number of nitriles is 1. The van der Waals surface area contributed by atoms with Gasteiger partial charge in [0, 0.05) is 54.8 Å². The lowest BCUT2D eigenvalue weighted by Gasteiger charge is -2.28. The van der Waals surface area contributed by atoms with Gasteiger partial charge >= 0.3 is 0 Å². The predicted octanol–water partition coefficient (Wildman–Crippen LogP) is 4.24. The number of ether oxygens (including phenoxy) is 1. The number of nitrogens with one attached hydrogen (secondary N) is 1. The molecule has 0 spiro atoms. The van der Waals surface area contributed by atoms with E-state index in [9.17, 15) is 9.59 Å². The zero-order valence-corrected chi connectivity index (χ0v) is 21.9. The van der Waals surface area contributed by atoms with E-state index >= 15 is 0 Å². The topological polar surface area (TPSA) is 108 Å². The Morgan fingerprint density at radius 1 is 0.950 bits per heavy atom. The van der Waals surface area contributed by atoms with Crippen molar-refractivity contribution in [1.29, 1.82) is 5.26 Å². The highest BCUT2D eigenvalue weighted by Gasteiger charge is 2.49. The number of carbonyl (C=O) groups excluding carboxylic acids is 2. The second-order valence-corrected chi connectivity index (χ2v) is 9.56. The lowest BCUT2D eigenvalue weighted by Crippen LogP contribution is -2.50. The molecule has 0 radical (unpaired) electrons. The first-order valence-electron chi connectivity index (χ1n) is 12.8. The third kappa shape index (κ3) is 5.59. The molecule has 198 valence electrons. The molecule has 8 nitrogen and oxygen atoms in total. The summed E-state index contributed by atoms with van der Waals surface area (Å²) in [6.45, 7) is 0.205. The molecule has 2 aromatic carbocycles. The molecule has 0 atom stereocenters. The molecule has 1 fully saturated rings. The highest BCUT2D eigenvalue weighted by Crippen LogP contribution is 2.33. The zero-order valence-electron chi connectivity index (χ0n) is 21.9. The number of hydrogen-bond donors (Lipinski definition) is 1. The summed E-state index contributed by atoms with van der Waals surface area (Å²) in [5, 5.41) is 12.6. The largest absolute Gasteiger partial charge is 0.496 e. The molecule has 0 aliphatic carbocycles. The number of hydrogen-bond acceptors (Lipinski definition) is 7. The highest BCUT2D eigenvalue weighted by molar-refractivity contribution is 6.06. The Kier molecular flexibility index (Phi) is 7.65. The van der Waals surface area contributed by atoms with Gasteiger partial charge in [-0.15, -0.1) is 0 Å². The lowest BCUT2D eigenvalue weighted by molar-refractivity contribution is -0.132. The van der Waals surface area contributed by atoms with Crippen molar-refractivity contribution in [2.24, 2.45) is 0 Å². The number of rotatable bonds is 9. The van der Waals surface area contributed by atoms with Gasteiger partial charge in [0.15, 0.2) is 5.78 Å². The van der Waals surface area contributed by atoms with E-state index in [-0.39, 0.29) is 18.2 Å². The summed E-state index contributed by atoms with van der Waals surface area (Å²) in [5.41, 5.74) is 2.48. The van der Waals surface area contributed by atoms with Gasteiger partial charge in [-0.05, 0) is 65.7 Å². The van der Waals surface area contributed by atoms with Crippen molar-refractivity contribution in [3.63, 3.8) is 0 Å². The summed E-state index contributed by atoms with van der Waals surface area (Å²) in [7, 11) is 1.59. The van der Waals surface area contributed by atoms with Crippen LogP contribution in [0.15, 0.2) is 109 Å². The van der Waals surface area contributed by atoms with Crippen LogP contribution in [-0.2, 0) is 24.2 Å². The van der Waals surface area contributed by atoms with Gasteiger partial charge in [0.05, 0.1) is 25.3 Å². The van der Waals surface area contributed by atoms with Crippen molar-refractivity contribution in [1.82, 2.24) is 20.2 Å². The molecule has 1 aliphatic heterocycles. The third-order valence-electron chi connectivity index (χ3n) is 6.91. The molecule has 0 unspecified atom stereocenters. The number of para-hydroxylation sites is 1. The first-order valence-corrected chi connectivity index (χ1v) is 12.8. The minimum atomic E-state index is -1.07. The SMILES string of the molecule is COc1ccccc1CN1C(=O)C(Cc2ccncc2)(Cc2ccncc2)NC1=CC(=O)c1ccc(C#N)cc1.